The lowest BCUT2D eigenvalue weighted by Crippen LogP contribution is -2.46. The zero-order valence-corrected chi connectivity index (χ0v) is 24.6. The molecule has 0 fully saturated rings. The summed E-state index contributed by atoms with van der Waals surface area (Å²) in [5.74, 6) is -0.444. The molecule has 2 atom stereocenters. The molecule has 0 saturated heterocycles. The van der Waals surface area contributed by atoms with Crippen molar-refractivity contribution in [3.63, 3.8) is 0 Å². The molecule has 0 N–H and O–H groups in total. The summed E-state index contributed by atoms with van der Waals surface area (Å²) in [5, 5.41) is 0.615. The maximum Gasteiger partial charge on any atom is 0.316 e. The smallest absolute Gasteiger partial charge is 0.316 e. The number of carbonyl (C=O) groups excluding carboxylic acids is 3. The molecule has 3 aromatic carbocycles. The molecule has 0 spiro atoms. The van der Waals surface area contributed by atoms with E-state index in [1.165, 1.54) is 0 Å². The quantitative estimate of drug-likeness (QED) is 0.210. The van der Waals surface area contributed by atoms with Gasteiger partial charge in [0.25, 0.3) is 5.91 Å². The van der Waals surface area contributed by atoms with Crippen molar-refractivity contribution in [1.29, 1.82) is 0 Å². The second-order valence-electron chi connectivity index (χ2n) is 11.0. The highest BCUT2D eigenvalue weighted by molar-refractivity contribution is 6.30. The first kappa shape index (κ1) is 29.3. The molecule has 0 aliphatic carbocycles. The van der Waals surface area contributed by atoms with E-state index in [4.69, 9.17) is 16.3 Å². The SMILES string of the molecule is CCCC(C)(C)C(=O)Oc1ccc(C(=O)N2c3ccccc3C(C(=O)N(CC)c3ccc(Cl)cc3)CC2C)cc1. The second kappa shape index (κ2) is 12.3. The van der Waals surface area contributed by atoms with Gasteiger partial charge in [0.15, 0.2) is 0 Å². The molecular weight excluding hydrogens is 524 g/mol. The molecule has 4 rings (SSSR count). The highest BCUT2D eigenvalue weighted by Crippen LogP contribution is 2.41. The van der Waals surface area contributed by atoms with Crippen LogP contribution >= 0.6 is 11.6 Å². The molecule has 0 aromatic heterocycles. The van der Waals surface area contributed by atoms with Crippen molar-refractivity contribution >= 4 is 40.8 Å². The third kappa shape index (κ3) is 6.07. The van der Waals surface area contributed by atoms with Crippen LogP contribution in [0.1, 0.15) is 75.7 Å². The Labute approximate surface area is 241 Å². The lowest BCUT2D eigenvalue weighted by molar-refractivity contribution is -0.144. The van der Waals surface area contributed by atoms with Crippen LogP contribution in [-0.2, 0) is 9.59 Å². The number of hydrogen-bond acceptors (Lipinski definition) is 4. The van der Waals surface area contributed by atoms with Crippen LogP contribution in [0.5, 0.6) is 5.75 Å². The highest BCUT2D eigenvalue weighted by Gasteiger charge is 2.39. The van der Waals surface area contributed by atoms with Crippen LogP contribution in [0.4, 0.5) is 11.4 Å². The molecule has 0 saturated carbocycles. The summed E-state index contributed by atoms with van der Waals surface area (Å²) in [6, 6.07) is 21.3. The lowest BCUT2D eigenvalue weighted by Gasteiger charge is -2.40. The van der Waals surface area contributed by atoms with Gasteiger partial charge in [0.05, 0.1) is 11.3 Å². The van der Waals surface area contributed by atoms with Gasteiger partial charge in [0, 0.05) is 34.5 Å². The van der Waals surface area contributed by atoms with E-state index in [0.29, 0.717) is 29.3 Å². The fourth-order valence-corrected chi connectivity index (χ4v) is 5.53. The molecule has 0 radical (unpaired) electrons. The Bertz CT molecular complexity index is 1370. The van der Waals surface area contributed by atoms with Crippen LogP contribution in [0.15, 0.2) is 72.8 Å². The van der Waals surface area contributed by atoms with Crippen molar-refractivity contribution in [2.75, 3.05) is 16.3 Å². The number of likely N-dealkylation sites (N-methyl/N-ethyl adjacent to an activating group) is 1. The molecule has 6 nitrogen and oxygen atoms in total. The van der Waals surface area contributed by atoms with Crippen LogP contribution < -0.4 is 14.5 Å². The highest BCUT2D eigenvalue weighted by atomic mass is 35.5. The standard InChI is InChI=1S/C33H37ClN2O4/c1-6-20-33(4,5)32(39)40-26-18-12-23(13-19-26)30(37)36-22(3)21-28(27-10-8-9-11-29(27)36)31(38)35(7-2)25-16-14-24(34)15-17-25/h8-19,22,28H,6-7,20-21H2,1-5H3. The zero-order valence-electron chi connectivity index (χ0n) is 23.8. The van der Waals surface area contributed by atoms with Crippen molar-refractivity contribution in [2.45, 2.75) is 65.8 Å². The number of para-hydroxylation sites is 1. The van der Waals surface area contributed by atoms with Gasteiger partial charge in [-0.3, -0.25) is 14.4 Å². The molecular formula is C33H37ClN2O4. The summed E-state index contributed by atoms with van der Waals surface area (Å²) in [6.45, 7) is 10.2. The molecule has 3 aromatic rings. The number of fused-ring (bicyclic) bond motifs is 1. The Morgan fingerprint density at radius 3 is 2.25 bits per heavy atom. The van der Waals surface area contributed by atoms with Gasteiger partial charge in [-0.05, 0) is 101 Å². The maximum atomic E-state index is 13.9. The summed E-state index contributed by atoms with van der Waals surface area (Å²) in [7, 11) is 0. The number of esters is 1. The van der Waals surface area contributed by atoms with Gasteiger partial charge < -0.3 is 14.5 Å². The first-order chi connectivity index (χ1) is 19.1. The summed E-state index contributed by atoms with van der Waals surface area (Å²) >= 11 is 6.07. The van der Waals surface area contributed by atoms with Crippen LogP contribution in [-0.4, -0.2) is 30.4 Å². The first-order valence-electron chi connectivity index (χ1n) is 13.9. The largest absolute Gasteiger partial charge is 0.426 e. The Kier molecular flexibility index (Phi) is 8.99. The molecule has 1 aliphatic rings. The van der Waals surface area contributed by atoms with E-state index in [-0.39, 0.29) is 29.7 Å². The third-order valence-corrected chi connectivity index (χ3v) is 7.82. The van der Waals surface area contributed by atoms with E-state index in [9.17, 15) is 14.4 Å². The lowest BCUT2D eigenvalue weighted by atomic mass is 9.84. The fraction of sp³-hybridized carbons (Fsp3) is 0.364. The van der Waals surface area contributed by atoms with Gasteiger partial charge in [-0.2, -0.15) is 0 Å². The molecule has 0 bridgehead atoms. The van der Waals surface area contributed by atoms with Crippen molar-refractivity contribution in [2.24, 2.45) is 5.41 Å². The van der Waals surface area contributed by atoms with E-state index >= 15 is 0 Å². The summed E-state index contributed by atoms with van der Waals surface area (Å²) in [6.07, 6.45) is 2.11. The minimum Gasteiger partial charge on any atom is -0.426 e. The van der Waals surface area contributed by atoms with Gasteiger partial charge in [0.1, 0.15) is 5.75 Å². The van der Waals surface area contributed by atoms with Gasteiger partial charge in [-0.25, -0.2) is 0 Å². The Morgan fingerprint density at radius 1 is 0.975 bits per heavy atom. The number of nitrogens with zero attached hydrogens (tertiary/aromatic N) is 2. The first-order valence-corrected chi connectivity index (χ1v) is 14.3. The number of anilines is 2. The average Bonchev–Trinajstić information content (AvgIpc) is 2.94. The molecule has 2 unspecified atom stereocenters. The van der Waals surface area contributed by atoms with Crippen molar-refractivity contribution in [3.05, 3.63) is 88.9 Å². The van der Waals surface area contributed by atoms with Crippen molar-refractivity contribution < 1.29 is 19.1 Å². The topological polar surface area (TPSA) is 66.9 Å². The number of carbonyl (C=O) groups is 3. The van der Waals surface area contributed by atoms with Gasteiger partial charge in [-0.1, -0.05) is 43.1 Å². The van der Waals surface area contributed by atoms with Gasteiger partial charge in [0.2, 0.25) is 5.91 Å². The molecule has 1 aliphatic heterocycles. The zero-order chi connectivity index (χ0) is 29.0. The van der Waals surface area contributed by atoms with E-state index < -0.39 is 5.41 Å². The number of hydrogen-bond donors (Lipinski definition) is 0. The van der Waals surface area contributed by atoms with Crippen LogP contribution in [0.3, 0.4) is 0 Å². The average molecular weight is 561 g/mol. The number of benzene rings is 3. The summed E-state index contributed by atoms with van der Waals surface area (Å²) in [5.41, 5.74) is 2.25. The van der Waals surface area contributed by atoms with E-state index in [1.54, 1.807) is 46.2 Å². The van der Waals surface area contributed by atoms with Crippen LogP contribution in [0.2, 0.25) is 5.02 Å². The summed E-state index contributed by atoms with van der Waals surface area (Å²) in [4.78, 5) is 43.8. The Morgan fingerprint density at radius 2 is 1.62 bits per heavy atom. The number of rotatable bonds is 8. The van der Waals surface area contributed by atoms with Crippen LogP contribution in [0.25, 0.3) is 0 Å². The Hall–Kier alpha value is -3.64. The minimum absolute atomic E-state index is 0.00612. The summed E-state index contributed by atoms with van der Waals surface area (Å²) < 4.78 is 5.59. The van der Waals surface area contributed by atoms with Gasteiger partial charge >= 0.3 is 5.97 Å². The number of amides is 2. The molecule has 210 valence electrons. The predicted octanol–water partition coefficient (Wildman–Crippen LogP) is 7.65. The van der Waals surface area contributed by atoms with E-state index in [1.807, 2.05) is 71.0 Å². The second-order valence-corrected chi connectivity index (χ2v) is 11.4. The normalized spacial score (nSPS) is 16.7. The molecule has 2 amide bonds. The number of halogens is 1. The van der Waals surface area contributed by atoms with Crippen molar-refractivity contribution in [3.8, 4) is 5.75 Å². The molecule has 1 heterocycles. The Balaban J connectivity index is 1.57. The predicted molar refractivity (Wildman–Crippen MR) is 160 cm³/mol. The minimum atomic E-state index is -0.578. The van der Waals surface area contributed by atoms with Crippen molar-refractivity contribution in [1.82, 2.24) is 0 Å². The van der Waals surface area contributed by atoms with E-state index in [0.717, 1.165) is 29.8 Å². The molecule has 40 heavy (non-hydrogen) atoms. The molecule has 7 heteroatoms. The van der Waals surface area contributed by atoms with Crippen LogP contribution in [0, 0.1) is 5.41 Å². The third-order valence-electron chi connectivity index (χ3n) is 7.57. The van der Waals surface area contributed by atoms with E-state index in [2.05, 4.69) is 0 Å². The monoisotopic (exact) mass is 560 g/mol. The fourth-order valence-electron chi connectivity index (χ4n) is 5.41. The van der Waals surface area contributed by atoms with Gasteiger partial charge in [-0.15, -0.1) is 0 Å². The number of ether oxygens (including phenoxy) is 1. The maximum absolute atomic E-state index is 13.9.